The first-order valence-electron chi connectivity index (χ1n) is 18.6. The Balaban J connectivity index is 1.34. The fraction of sp³-hybridized carbons (Fsp3) is 0.513. The number of carboxylic acid groups (broad SMARTS) is 1. The van der Waals surface area contributed by atoms with Gasteiger partial charge in [-0.1, -0.05) is 45.4 Å². The van der Waals surface area contributed by atoms with Crippen LogP contribution in [0.2, 0.25) is 5.02 Å². The van der Waals surface area contributed by atoms with Crippen molar-refractivity contribution in [1.29, 1.82) is 0 Å². The van der Waals surface area contributed by atoms with Crippen LogP contribution < -0.4 is 25.4 Å². The number of halogens is 1. The first kappa shape index (κ1) is 40.7. The second-order valence-corrected chi connectivity index (χ2v) is 16.7. The first-order chi connectivity index (χ1) is 26.6. The number of hydrogen-bond acceptors (Lipinski definition) is 11. The third-order valence-electron chi connectivity index (χ3n) is 10.5. The minimum atomic E-state index is -1.55. The van der Waals surface area contributed by atoms with Crippen LogP contribution in [-0.2, 0) is 23.9 Å². The molecule has 4 N–H and O–H groups in total. The van der Waals surface area contributed by atoms with Gasteiger partial charge in [-0.25, -0.2) is 19.6 Å². The highest BCUT2D eigenvalue weighted by Crippen LogP contribution is 2.45. The number of fused-ring (bicyclic) bond motifs is 1. The number of hydrogen-bond donors (Lipinski definition) is 4. The Bertz CT molecular complexity index is 2050. The lowest BCUT2D eigenvalue weighted by atomic mass is 9.85. The van der Waals surface area contributed by atoms with E-state index in [1.54, 1.807) is 51.3 Å². The summed E-state index contributed by atoms with van der Waals surface area (Å²) in [5.74, 6) is -2.41. The molecule has 2 saturated carbocycles. The van der Waals surface area contributed by atoms with Gasteiger partial charge in [0, 0.05) is 35.6 Å². The van der Waals surface area contributed by atoms with Crippen LogP contribution in [0.15, 0.2) is 36.2 Å². The largest absolute Gasteiger partial charge is 0.495 e. The zero-order valence-corrected chi connectivity index (χ0v) is 33.6. The molecule has 4 amide bonds. The van der Waals surface area contributed by atoms with Crippen molar-refractivity contribution in [3.8, 4) is 22.9 Å². The number of methoxy groups -OCH3 is 1. The lowest BCUT2D eigenvalue weighted by molar-refractivity contribution is -0.146. The summed E-state index contributed by atoms with van der Waals surface area (Å²) in [7, 11) is 1.48. The van der Waals surface area contributed by atoms with Crippen LogP contribution in [0.25, 0.3) is 22.3 Å². The molecular formula is C39H47ClN6O9S. The molecule has 0 spiro atoms. The van der Waals surface area contributed by atoms with Gasteiger partial charge < -0.3 is 40.2 Å². The molecule has 1 aliphatic heterocycles. The average molecular weight is 811 g/mol. The molecule has 6 rings (SSSR count). The summed E-state index contributed by atoms with van der Waals surface area (Å²) in [4.78, 5) is 76.9. The Labute approximate surface area is 333 Å². The Hall–Kier alpha value is -4.96. The van der Waals surface area contributed by atoms with Crippen LogP contribution in [0, 0.1) is 11.3 Å². The Kier molecular flexibility index (Phi) is 11.8. The van der Waals surface area contributed by atoms with Gasteiger partial charge in [-0.2, -0.15) is 0 Å². The molecule has 3 heterocycles. The van der Waals surface area contributed by atoms with Gasteiger partial charge in [0.2, 0.25) is 17.7 Å². The third kappa shape index (κ3) is 8.41. The van der Waals surface area contributed by atoms with Gasteiger partial charge in [0.1, 0.15) is 52.0 Å². The van der Waals surface area contributed by atoms with Gasteiger partial charge in [-0.05, 0) is 49.7 Å². The number of alkyl carbamates (subject to hydrolysis) is 1. The van der Waals surface area contributed by atoms with E-state index in [-0.39, 0.29) is 42.8 Å². The standard InChI is InChI=1S/C39H47ClN6O9S/c1-7-20-17-39(20,35(50)51)45-33(48)26-15-22(18-46(26)34(49)32(38(3,4)5)44-37(52)55-21-11-9-10-12-21)54-28-16-24(25-19-56-36(42-25)43-29(47)8-2)41-31-23(28)13-14-27(53-6)30(31)40/h7,13-14,16,19-22,26,32H,1,8-12,15,17-18H2,2-6H3,(H,44,52)(H,45,48)(H,50,51)(H,42,43,47)/t20-,22-,26+,32-,39-/m1/s1. The number of carbonyl (C=O) groups is 5. The second kappa shape index (κ2) is 16.3. The van der Waals surface area contributed by atoms with E-state index in [4.69, 9.17) is 30.8 Å². The number of carbonyl (C=O) groups excluding carboxylic acids is 4. The summed E-state index contributed by atoms with van der Waals surface area (Å²) in [6.45, 7) is 10.8. The molecule has 3 fully saturated rings. The van der Waals surface area contributed by atoms with E-state index in [9.17, 15) is 29.1 Å². The molecule has 3 aromatic rings. The predicted octanol–water partition coefficient (Wildman–Crippen LogP) is 5.95. The number of amides is 4. The number of thiazole rings is 1. The molecule has 300 valence electrons. The van der Waals surface area contributed by atoms with Crippen molar-refractivity contribution in [1.82, 2.24) is 25.5 Å². The van der Waals surface area contributed by atoms with Gasteiger partial charge in [0.05, 0.1) is 24.9 Å². The highest BCUT2D eigenvalue weighted by atomic mass is 35.5. The normalized spacial score (nSPS) is 22.6. The molecule has 0 unspecified atom stereocenters. The SMILES string of the molecule is C=C[C@@H]1C[C@]1(NC(=O)[C@@H]1C[C@@H](Oc2cc(-c3csc(NC(=O)CC)n3)nc3c(Cl)c(OC)ccc23)CN1C(=O)[C@@H](NC(=O)OC1CCCC1)C(C)(C)C)C(=O)O. The second-order valence-electron chi connectivity index (χ2n) is 15.5. The molecule has 2 aliphatic carbocycles. The topological polar surface area (TPSA) is 198 Å². The van der Waals surface area contributed by atoms with Crippen molar-refractivity contribution in [2.24, 2.45) is 11.3 Å². The summed E-state index contributed by atoms with van der Waals surface area (Å²) in [6, 6.07) is 2.81. The summed E-state index contributed by atoms with van der Waals surface area (Å²) >= 11 is 8.00. The Morgan fingerprint density at radius 3 is 2.48 bits per heavy atom. The van der Waals surface area contributed by atoms with Crippen molar-refractivity contribution in [3.63, 3.8) is 0 Å². The van der Waals surface area contributed by atoms with Gasteiger partial charge in [0.25, 0.3) is 0 Å². The molecule has 0 radical (unpaired) electrons. The lowest BCUT2D eigenvalue weighted by Crippen LogP contribution is -2.59. The quantitative estimate of drug-likeness (QED) is 0.149. The van der Waals surface area contributed by atoms with Crippen molar-refractivity contribution in [2.75, 3.05) is 19.0 Å². The van der Waals surface area contributed by atoms with E-state index >= 15 is 0 Å². The van der Waals surface area contributed by atoms with Gasteiger partial charge in [-0.3, -0.25) is 14.4 Å². The molecule has 0 bridgehead atoms. The van der Waals surface area contributed by atoms with E-state index in [2.05, 4.69) is 27.5 Å². The minimum Gasteiger partial charge on any atom is -0.495 e. The number of benzene rings is 1. The number of carboxylic acids is 1. The number of nitrogens with one attached hydrogen (secondary N) is 3. The molecule has 5 atom stereocenters. The first-order valence-corrected chi connectivity index (χ1v) is 19.9. The lowest BCUT2D eigenvalue weighted by Gasteiger charge is -2.35. The van der Waals surface area contributed by atoms with Crippen molar-refractivity contribution in [3.05, 3.63) is 41.3 Å². The molecule has 1 aromatic carbocycles. The van der Waals surface area contributed by atoms with Gasteiger partial charge in [0.15, 0.2) is 5.13 Å². The Morgan fingerprint density at radius 1 is 1.12 bits per heavy atom. The van der Waals surface area contributed by atoms with Crippen LogP contribution in [0.4, 0.5) is 9.93 Å². The number of likely N-dealkylation sites (tertiary alicyclic amines) is 1. The zero-order chi connectivity index (χ0) is 40.5. The third-order valence-corrected chi connectivity index (χ3v) is 11.6. The van der Waals surface area contributed by atoms with Crippen LogP contribution in [-0.4, -0.2) is 93.2 Å². The molecule has 2 aromatic heterocycles. The molecular weight excluding hydrogens is 764 g/mol. The maximum absolute atomic E-state index is 14.6. The number of pyridine rings is 1. The number of rotatable bonds is 13. The number of aliphatic carboxylic acids is 1. The minimum absolute atomic E-state index is 0.0116. The van der Waals surface area contributed by atoms with E-state index in [0.29, 0.717) is 38.9 Å². The predicted molar refractivity (Wildman–Crippen MR) is 210 cm³/mol. The van der Waals surface area contributed by atoms with E-state index in [1.165, 1.54) is 29.4 Å². The highest BCUT2D eigenvalue weighted by Gasteiger charge is 2.61. The number of aromatic nitrogens is 2. The summed E-state index contributed by atoms with van der Waals surface area (Å²) in [5.41, 5.74) is -1.20. The fourth-order valence-electron chi connectivity index (χ4n) is 7.25. The van der Waals surface area contributed by atoms with Crippen LogP contribution >= 0.6 is 22.9 Å². The van der Waals surface area contributed by atoms with Gasteiger partial charge in [-0.15, -0.1) is 17.9 Å². The number of anilines is 1. The van der Waals surface area contributed by atoms with Gasteiger partial charge >= 0.3 is 12.1 Å². The van der Waals surface area contributed by atoms with Crippen LogP contribution in [0.5, 0.6) is 11.5 Å². The average Bonchev–Trinajstić information content (AvgIpc) is 3.57. The summed E-state index contributed by atoms with van der Waals surface area (Å²) in [6.07, 6.45) is 3.55. The van der Waals surface area contributed by atoms with Crippen molar-refractivity contribution in [2.45, 2.75) is 102 Å². The van der Waals surface area contributed by atoms with Crippen LogP contribution in [0.1, 0.15) is 72.6 Å². The molecule has 56 heavy (non-hydrogen) atoms. The Morgan fingerprint density at radius 2 is 1.86 bits per heavy atom. The molecule has 3 aliphatic rings. The number of nitrogens with zero attached hydrogens (tertiary/aromatic N) is 3. The monoisotopic (exact) mass is 810 g/mol. The van der Waals surface area contributed by atoms with E-state index in [1.807, 2.05) is 0 Å². The number of ether oxygens (including phenoxy) is 3. The van der Waals surface area contributed by atoms with E-state index in [0.717, 1.165) is 25.7 Å². The van der Waals surface area contributed by atoms with Crippen molar-refractivity contribution < 1.29 is 43.3 Å². The zero-order valence-electron chi connectivity index (χ0n) is 32.0. The van der Waals surface area contributed by atoms with Crippen LogP contribution in [0.3, 0.4) is 0 Å². The van der Waals surface area contributed by atoms with E-state index < -0.39 is 58.9 Å². The molecule has 17 heteroatoms. The molecule has 1 saturated heterocycles. The summed E-state index contributed by atoms with van der Waals surface area (Å²) < 4.78 is 17.7. The fourth-order valence-corrected chi connectivity index (χ4v) is 8.25. The smallest absolute Gasteiger partial charge is 0.408 e. The highest BCUT2D eigenvalue weighted by molar-refractivity contribution is 7.14. The molecule has 15 nitrogen and oxygen atoms in total. The maximum Gasteiger partial charge on any atom is 0.408 e. The maximum atomic E-state index is 14.6. The van der Waals surface area contributed by atoms with Crippen molar-refractivity contribution >= 4 is 68.8 Å². The summed E-state index contributed by atoms with van der Waals surface area (Å²) in [5, 5.41) is 21.1.